The molecular formula is C19H18Cl2N6O. The van der Waals surface area contributed by atoms with E-state index in [1.807, 2.05) is 36.4 Å². The van der Waals surface area contributed by atoms with E-state index in [9.17, 15) is 4.79 Å². The lowest BCUT2D eigenvalue weighted by atomic mass is 10.2. The molecule has 9 heteroatoms. The zero-order valence-electron chi connectivity index (χ0n) is 15.0. The zero-order chi connectivity index (χ0) is 19.5. The van der Waals surface area contributed by atoms with E-state index >= 15 is 0 Å². The maximum Gasteiger partial charge on any atom is 0.276 e. The van der Waals surface area contributed by atoms with Crippen LogP contribution in [0.2, 0.25) is 10.0 Å². The van der Waals surface area contributed by atoms with Crippen molar-refractivity contribution in [3.8, 4) is 0 Å². The Hall–Kier alpha value is -2.64. The molecule has 7 nitrogen and oxygen atoms in total. The first-order valence-corrected chi connectivity index (χ1v) is 9.65. The number of carbonyl (C=O) groups excluding carboxylic acids is 1. The Bertz CT molecular complexity index is 967. The summed E-state index contributed by atoms with van der Waals surface area (Å²) >= 11 is 12.1. The van der Waals surface area contributed by atoms with Crippen LogP contribution in [0.25, 0.3) is 0 Å². The van der Waals surface area contributed by atoms with Gasteiger partial charge in [0.2, 0.25) is 0 Å². The molecule has 28 heavy (non-hydrogen) atoms. The molecule has 4 rings (SSSR count). The van der Waals surface area contributed by atoms with Crippen molar-refractivity contribution in [1.82, 2.24) is 24.9 Å². The van der Waals surface area contributed by atoms with E-state index in [4.69, 9.17) is 23.2 Å². The predicted molar refractivity (Wildman–Crippen MR) is 108 cm³/mol. The molecule has 1 aliphatic rings. The van der Waals surface area contributed by atoms with Crippen molar-refractivity contribution in [3.05, 3.63) is 70.1 Å². The van der Waals surface area contributed by atoms with Gasteiger partial charge in [-0.1, -0.05) is 46.6 Å². The molecule has 1 aromatic carbocycles. The number of pyridine rings is 1. The Labute approximate surface area is 172 Å². The smallest absolute Gasteiger partial charge is 0.276 e. The molecule has 0 saturated carbocycles. The third kappa shape index (κ3) is 4.10. The van der Waals surface area contributed by atoms with Crippen LogP contribution in [0, 0.1) is 0 Å². The van der Waals surface area contributed by atoms with Gasteiger partial charge in [0.05, 0.1) is 17.8 Å². The van der Waals surface area contributed by atoms with Crippen LogP contribution in [0.3, 0.4) is 0 Å². The number of nitrogens with zero attached hydrogens (tertiary/aromatic N) is 6. The summed E-state index contributed by atoms with van der Waals surface area (Å²) in [6, 6.07) is 11.3. The van der Waals surface area contributed by atoms with Crippen LogP contribution in [0.1, 0.15) is 16.1 Å². The normalized spacial score (nSPS) is 14.4. The average molecular weight is 417 g/mol. The van der Waals surface area contributed by atoms with Crippen molar-refractivity contribution in [2.45, 2.75) is 6.54 Å². The number of hydrogen-bond donors (Lipinski definition) is 0. The highest BCUT2D eigenvalue weighted by Crippen LogP contribution is 2.18. The first kappa shape index (κ1) is 18.7. The Morgan fingerprint density at radius 2 is 1.82 bits per heavy atom. The molecule has 0 atom stereocenters. The SMILES string of the molecule is O=C(c1cn(Cc2ccccc2Cl)nn1)N1CCN(c2ccc(Cl)cn2)CC1. The highest BCUT2D eigenvalue weighted by atomic mass is 35.5. The van der Waals surface area contributed by atoms with Gasteiger partial charge in [0.25, 0.3) is 5.91 Å². The minimum atomic E-state index is -0.117. The van der Waals surface area contributed by atoms with Crippen molar-refractivity contribution in [2.24, 2.45) is 0 Å². The summed E-state index contributed by atoms with van der Waals surface area (Å²) in [4.78, 5) is 21.0. The number of piperazine rings is 1. The zero-order valence-corrected chi connectivity index (χ0v) is 16.5. The van der Waals surface area contributed by atoms with Gasteiger partial charge >= 0.3 is 0 Å². The second kappa shape index (κ2) is 8.16. The molecule has 3 aromatic rings. The fourth-order valence-electron chi connectivity index (χ4n) is 3.13. The molecule has 0 aliphatic carbocycles. The van der Waals surface area contributed by atoms with E-state index in [0.717, 1.165) is 11.4 Å². The molecular weight excluding hydrogens is 399 g/mol. The minimum Gasteiger partial charge on any atom is -0.353 e. The van der Waals surface area contributed by atoms with E-state index in [1.54, 1.807) is 22.0 Å². The molecule has 2 aromatic heterocycles. The highest BCUT2D eigenvalue weighted by Gasteiger charge is 2.24. The molecule has 144 valence electrons. The Kier molecular flexibility index (Phi) is 5.45. The van der Waals surface area contributed by atoms with Crippen LogP contribution in [-0.2, 0) is 6.54 Å². The largest absolute Gasteiger partial charge is 0.353 e. The molecule has 0 unspecified atom stereocenters. The summed E-state index contributed by atoms with van der Waals surface area (Å²) in [6.07, 6.45) is 3.30. The van der Waals surface area contributed by atoms with Crippen LogP contribution >= 0.6 is 23.2 Å². The third-order valence-corrected chi connectivity index (χ3v) is 5.24. The lowest BCUT2D eigenvalue weighted by molar-refractivity contribution is 0.0740. The van der Waals surface area contributed by atoms with Gasteiger partial charge in [-0.25, -0.2) is 9.67 Å². The van der Waals surface area contributed by atoms with E-state index in [0.29, 0.717) is 48.5 Å². The summed E-state index contributed by atoms with van der Waals surface area (Å²) in [6.45, 7) is 3.07. The van der Waals surface area contributed by atoms with Crippen LogP contribution < -0.4 is 4.90 Å². The number of amides is 1. The highest BCUT2D eigenvalue weighted by molar-refractivity contribution is 6.31. The topological polar surface area (TPSA) is 67.2 Å². The first-order chi connectivity index (χ1) is 13.6. The summed E-state index contributed by atoms with van der Waals surface area (Å²) in [5.41, 5.74) is 1.27. The third-order valence-electron chi connectivity index (χ3n) is 4.65. The molecule has 0 spiro atoms. The van der Waals surface area contributed by atoms with Gasteiger partial charge < -0.3 is 9.80 Å². The Morgan fingerprint density at radius 1 is 1.04 bits per heavy atom. The number of aromatic nitrogens is 4. The number of hydrogen-bond acceptors (Lipinski definition) is 5. The number of carbonyl (C=O) groups is 1. The Balaban J connectivity index is 1.37. The first-order valence-electron chi connectivity index (χ1n) is 8.89. The average Bonchev–Trinajstić information content (AvgIpc) is 3.18. The Morgan fingerprint density at radius 3 is 2.54 bits per heavy atom. The fourth-order valence-corrected chi connectivity index (χ4v) is 3.44. The van der Waals surface area contributed by atoms with Crippen molar-refractivity contribution < 1.29 is 4.79 Å². The fraction of sp³-hybridized carbons (Fsp3) is 0.263. The number of rotatable bonds is 4. The molecule has 0 radical (unpaired) electrons. The molecule has 1 amide bonds. The maximum atomic E-state index is 12.8. The van der Waals surface area contributed by atoms with Crippen molar-refractivity contribution in [2.75, 3.05) is 31.1 Å². The van der Waals surface area contributed by atoms with Gasteiger partial charge in [0.1, 0.15) is 5.82 Å². The van der Waals surface area contributed by atoms with E-state index in [1.165, 1.54) is 0 Å². The summed E-state index contributed by atoms with van der Waals surface area (Å²) in [7, 11) is 0. The standard InChI is InChI=1S/C19H18Cl2N6O/c20-15-5-6-18(22-11-15)25-7-9-26(10-8-25)19(28)17-13-27(24-23-17)12-14-3-1-2-4-16(14)21/h1-6,11,13H,7-10,12H2. The monoisotopic (exact) mass is 416 g/mol. The van der Waals surface area contributed by atoms with Gasteiger partial charge in [-0.3, -0.25) is 4.79 Å². The molecule has 0 bridgehead atoms. The number of halogens is 2. The summed E-state index contributed by atoms with van der Waals surface area (Å²) in [5, 5.41) is 9.38. The van der Waals surface area contributed by atoms with E-state index in [-0.39, 0.29) is 5.91 Å². The van der Waals surface area contributed by atoms with Crippen molar-refractivity contribution >= 4 is 34.9 Å². The molecule has 0 N–H and O–H groups in total. The van der Waals surface area contributed by atoms with Crippen LogP contribution in [0.5, 0.6) is 0 Å². The van der Waals surface area contributed by atoms with Crippen LogP contribution in [0.15, 0.2) is 48.8 Å². The second-order valence-corrected chi connectivity index (χ2v) is 7.35. The minimum absolute atomic E-state index is 0.117. The summed E-state index contributed by atoms with van der Waals surface area (Å²) < 4.78 is 1.63. The van der Waals surface area contributed by atoms with Gasteiger partial charge in [-0.2, -0.15) is 0 Å². The lowest BCUT2D eigenvalue weighted by Crippen LogP contribution is -2.49. The van der Waals surface area contributed by atoms with Crippen LogP contribution in [-0.4, -0.2) is 57.0 Å². The maximum absolute atomic E-state index is 12.8. The van der Waals surface area contributed by atoms with Gasteiger partial charge in [0, 0.05) is 37.4 Å². The predicted octanol–water partition coefficient (Wildman–Crippen LogP) is 2.99. The number of benzene rings is 1. The molecule has 3 heterocycles. The molecule has 1 saturated heterocycles. The second-order valence-electron chi connectivity index (χ2n) is 6.51. The van der Waals surface area contributed by atoms with Crippen molar-refractivity contribution in [3.63, 3.8) is 0 Å². The van der Waals surface area contributed by atoms with E-state index < -0.39 is 0 Å². The lowest BCUT2D eigenvalue weighted by Gasteiger charge is -2.35. The molecule has 1 fully saturated rings. The molecule has 1 aliphatic heterocycles. The quantitative estimate of drug-likeness (QED) is 0.653. The van der Waals surface area contributed by atoms with Gasteiger partial charge in [0.15, 0.2) is 5.69 Å². The van der Waals surface area contributed by atoms with Crippen molar-refractivity contribution in [1.29, 1.82) is 0 Å². The van der Waals surface area contributed by atoms with Gasteiger partial charge in [-0.15, -0.1) is 5.10 Å². The van der Waals surface area contributed by atoms with Gasteiger partial charge in [-0.05, 0) is 23.8 Å². The van der Waals surface area contributed by atoms with Crippen LogP contribution in [0.4, 0.5) is 5.82 Å². The number of anilines is 1. The van der Waals surface area contributed by atoms with E-state index in [2.05, 4.69) is 20.2 Å². The summed E-state index contributed by atoms with van der Waals surface area (Å²) in [5.74, 6) is 0.747.